The molecule has 0 bridgehead atoms. The van der Waals surface area contributed by atoms with Gasteiger partial charge in [0.05, 0.1) is 11.4 Å². The standard InChI is InChI=1S/C11H10N2/c1-3-8-7-9-5-4-6-13-11(9)10(8)12-2/h3-6H,1-2,7H2. The van der Waals surface area contributed by atoms with E-state index in [2.05, 4.69) is 29.3 Å². The first-order valence-corrected chi connectivity index (χ1v) is 4.13. The largest absolute Gasteiger partial charge is 0.262 e. The molecule has 1 heterocycles. The minimum absolute atomic E-state index is 0.876. The van der Waals surface area contributed by atoms with Crippen LogP contribution in [0, 0.1) is 0 Å². The number of hydrogen-bond donors (Lipinski definition) is 0. The van der Waals surface area contributed by atoms with Crippen molar-refractivity contribution in [1.82, 2.24) is 4.98 Å². The number of hydrogen-bond acceptors (Lipinski definition) is 2. The van der Waals surface area contributed by atoms with Gasteiger partial charge < -0.3 is 0 Å². The van der Waals surface area contributed by atoms with Crippen molar-refractivity contribution in [3.05, 3.63) is 47.8 Å². The molecule has 0 aromatic carbocycles. The second kappa shape index (κ2) is 2.98. The highest BCUT2D eigenvalue weighted by atomic mass is 14.8. The first-order valence-electron chi connectivity index (χ1n) is 4.13. The molecule has 0 radical (unpaired) electrons. The van der Waals surface area contributed by atoms with Crippen molar-refractivity contribution in [2.75, 3.05) is 0 Å². The van der Waals surface area contributed by atoms with E-state index in [1.807, 2.05) is 12.1 Å². The summed E-state index contributed by atoms with van der Waals surface area (Å²) in [4.78, 5) is 8.25. The highest BCUT2D eigenvalue weighted by molar-refractivity contribution is 5.77. The first-order chi connectivity index (χ1) is 6.36. The topological polar surface area (TPSA) is 25.2 Å². The molecule has 0 aliphatic heterocycles. The van der Waals surface area contributed by atoms with E-state index in [0.29, 0.717) is 0 Å². The van der Waals surface area contributed by atoms with Crippen molar-refractivity contribution in [3.8, 4) is 0 Å². The monoisotopic (exact) mass is 170 g/mol. The van der Waals surface area contributed by atoms with Gasteiger partial charge >= 0.3 is 0 Å². The van der Waals surface area contributed by atoms with Crippen LogP contribution in [0.4, 0.5) is 0 Å². The molecule has 2 nitrogen and oxygen atoms in total. The fourth-order valence-corrected chi connectivity index (χ4v) is 1.58. The highest BCUT2D eigenvalue weighted by Crippen LogP contribution is 2.31. The van der Waals surface area contributed by atoms with Crippen molar-refractivity contribution < 1.29 is 0 Å². The van der Waals surface area contributed by atoms with Crippen molar-refractivity contribution in [1.29, 1.82) is 0 Å². The number of allylic oxidation sites excluding steroid dienone is 2. The Morgan fingerprint density at radius 1 is 1.54 bits per heavy atom. The predicted octanol–water partition coefficient (Wildman–Crippen LogP) is 2.24. The van der Waals surface area contributed by atoms with Gasteiger partial charge in [0.2, 0.25) is 0 Å². The normalized spacial score (nSPS) is 14.2. The summed E-state index contributed by atoms with van der Waals surface area (Å²) >= 11 is 0. The minimum Gasteiger partial charge on any atom is -0.262 e. The first kappa shape index (κ1) is 7.92. The lowest BCUT2D eigenvalue weighted by atomic mass is 10.2. The molecule has 64 valence electrons. The third-order valence-corrected chi connectivity index (χ3v) is 2.21. The SMILES string of the molecule is C=CC1=C(N=C)c2ncccc2C1. The smallest absolute Gasteiger partial charge is 0.0924 e. The van der Waals surface area contributed by atoms with E-state index in [1.165, 1.54) is 5.56 Å². The molecule has 0 saturated carbocycles. The molecule has 0 N–H and O–H groups in total. The van der Waals surface area contributed by atoms with Crippen LogP contribution < -0.4 is 0 Å². The van der Waals surface area contributed by atoms with E-state index >= 15 is 0 Å². The molecule has 0 unspecified atom stereocenters. The van der Waals surface area contributed by atoms with Gasteiger partial charge in [-0.2, -0.15) is 0 Å². The van der Waals surface area contributed by atoms with Gasteiger partial charge in [-0.15, -0.1) is 0 Å². The Labute approximate surface area is 77.4 Å². The Morgan fingerprint density at radius 2 is 2.38 bits per heavy atom. The van der Waals surface area contributed by atoms with E-state index in [9.17, 15) is 0 Å². The Hall–Kier alpha value is -1.70. The molecule has 0 spiro atoms. The molecular weight excluding hydrogens is 160 g/mol. The third-order valence-electron chi connectivity index (χ3n) is 2.21. The average molecular weight is 170 g/mol. The van der Waals surface area contributed by atoms with Crippen LogP contribution in [0.5, 0.6) is 0 Å². The Kier molecular flexibility index (Phi) is 1.81. The summed E-state index contributed by atoms with van der Waals surface area (Å²) in [5.41, 5.74) is 4.15. The number of aliphatic imine (C=N–C) groups is 1. The van der Waals surface area contributed by atoms with Crippen molar-refractivity contribution in [2.45, 2.75) is 6.42 Å². The summed E-state index contributed by atoms with van der Waals surface area (Å²) in [6.45, 7) is 7.29. The molecule has 2 heteroatoms. The van der Waals surface area contributed by atoms with E-state index < -0.39 is 0 Å². The summed E-state index contributed by atoms with van der Waals surface area (Å²) in [5.74, 6) is 0. The van der Waals surface area contributed by atoms with Gasteiger partial charge in [-0.25, -0.2) is 0 Å². The molecule has 0 fully saturated rings. The van der Waals surface area contributed by atoms with Crippen molar-refractivity contribution in [2.24, 2.45) is 4.99 Å². The van der Waals surface area contributed by atoms with E-state index in [-0.39, 0.29) is 0 Å². The zero-order chi connectivity index (χ0) is 9.26. The maximum absolute atomic E-state index is 4.27. The Balaban J connectivity index is 2.60. The van der Waals surface area contributed by atoms with Gasteiger partial charge in [0.25, 0.3) is 0 Å². The second-order valence-corrected chi connectivity index (χ2v) is 2.92. The number of aromatic nitrogens is 1. The molecule has 0 amide bonds. The minimum atomic E-state index is 0.876. The lowest BCUT2D eigenvalue weighted by molar-refractivity contribution is 1.18. The molecule has 0 atom stereocenters. The van der Waals surface area contributed by atoms with Gasteiger partial charge in [-0.1, -0.05) is 18.7 Å². The van der Waals surface area contributed by atoms with Gasteiger partial charge in [0, 0.05) is 12.6 Å². The molecule has 0 saturated heterocycles. The lowest BCUT2D eigenvalue weighted by Crippen LogP contribution is -1.86. The van der Waals surface area contributed by atoms with Gasteiger partial charge in [-0.3, -0.25) is 9.98 Å². The Bertz CT molecular complexity index is 402. The van der Waals surface area contributed by atoms with Crippen LogP contribution in [0.25, 0.3) is 5.70 Å². The van der Waals surface area contributed by atoms with Crippen LogP contribution >= 0.6 is 0 Å². The quantitative estimate of drug-likeness (QED) is 0.625. The lowest BCUT2D eigenvalue weighted by Gasteiger charge is -1.96. The van der Waals surface area contributed by atoms with Crippen LogP contribution in [0.1, 0.15) is 11.3 Å². The molecular formula is C11H10N2. The van der Waals surface area contributed by atoms with E-state index in [4.69, 9.17) is 0 Å². The summed E-state index contributed by atoms with van der Waals surface area (Å²) < 4.78 is 0. The van der Waals surface area contributed by atoms with E-state index in [1.54, 1.807) is 6.20 Å². The molecule has 1 aromatic heterocycles. The molecule has 13 heavy (non-hydrogen) atoms. The van der Waals surface area contributed by atoms with Gasteiger partial charge in [-0.05, 0) is 23.9 Å². The van der Waals surface area contributed by atoms with Crippen LogP contribution in [-0.2, 0) is 6.42 Å². The molecule has 2 rings (SSSR count). The fourth-order valence-electron chi connectivity index (χ4n) is 1.58. The van der Waals surface area contributed by atoms with Crippen LogP contribution in [0.3, 0.4) is 0 Å². The van der Waals surface area contributed by atoms with Crippen LogP contribution in [0.2, 0.25) is 0 Å². The maximum Gasteiger partial charge on any atom is 0.0924 e. The highest BCUT2D eigenvalue weighted by Gasteiger charge is 2.19. The number of nitrogens with zero attached hydrogens (tertiary/aromatic N) is 2. The average Bonchev–Trinajstić information content (AvgIpc) is 2.55. The summed E-state index contributed by atoms with van der Waals surface area (Å²) in [5, 5.41) is 0. The number of rotatable bonds is 2. The summed E-state index contributed by atoms with van der Waals surface area (Å²) in [7, 11) is 0. The zero-order valence-corrected chi connectivity index (χ0v) is 7.33. The number of fused-ring (bicyclic) bond motifs is 1. The molecule has 1 aromatic rings. The van der Waals surface area contributed by atoms with Crippen LogP contribution in [-0.4, -0.2) is 11.7 Å². The van der Waals surface area contributed by atoms with Crippen molar-refractivity contribution >= 4 is 12.4 Å². The second-order valence-electron chi connectivity index (χ2n) is 2.92. The van der Waals surface area contributed by atoms with Gasteiger partial charge in [0.1, 0.15) is 0 Å². The summed E-state index contributed by atoms with van der Waals surface area (Å²) in [6, 6.07) is 4.00. The zero-order valence-electron chi connectivity index (χ0n) is 7.33. The number of pyridine rings is 1. The third kappa shape index (κ3) is 1.11. The molecule has 1 aliphatic carbocycles. The maximum atomic E-state index is 4.27. The fraction of sp³-hybridized carbons (Fsp3) is 0.0909. The summed E-state index contributed by atoms with van der Waals surface area (Å²) in [6.07, 6.45) is 4.47. The van der Waals surface area contributed by atoms with E-state index in [0.717, 1.165) is 23.4 Å². The van der Waals surface area contributed by atoms with Gasteiger partial charge in [0.15, 0.2) is 0 Å². The van der Waals surface area contributed by atoms with Crippen LogP contribution in [0.15, 0.2) is 41.6 Å². The Morgan fingerprint density at radius 3 is 3.08 bits per heavy atom. The van der Waals surface area contributed by atoms with Crippen molar-refractivity contribution in [3.63, 3.8) is 0 Å². The molecule has 1 aliphatic rings. The predicted molar refractivity (Wildman–Crippen MR) is 54.6 cm³/mol.